The van der Waals surface area contributed by atoms with Crippen LogP contribution in [0.2, 0.25) is 0 Å². The predicted molar refractivity (Wildman–Crippen MR) is 58.0 cm³/mol. The van der Waals surface area contributed by atoms with E-state index in [1.54, 1.807) is 23.4 Å². The highest BCUT2D eigenvalue weighted by Crippen LogP contribution is 2.13. The number of halogens is 1. The zero-order valence-corrected chi connectivity index (χ0v) is 9.48. The topological polar surface area (TPSA) is 42.4 Å². The van der Waals surface area contributed by atoms with E-state index in [4.69, 9.17) is 4.74 Å². The molecule has 0 fully saturated rings. The number of nitrogens with zero attached hydrogens (tertiary/aromatic N) is 2. The van der Waals surface area contributed by atoms with Crippen molar-refractivity contribution in [2.45, 2.75) is 6.54 Å². The van der Waals surface area contributed by atoms with Crippen LogP contribution in [0.4, 0.5) is 4.79 Å². The van der Waals surface area contributed by atoms with Gasteiger partial charge in [0.15, 0.2) is 0 Å². The molecule has 78 valence electrons. The summed E-state index contributed by atoms with van der Waals surface area (Å²) in [4.78, 5) is 16.9. The Kier molecular flexibility index (Phi) is 3.01. The standard InChI is InChI=1S/C10H9BrN2O2/c11-9-4-8(5-12-6-9)7-13-2-1-3-15-10(13)14/h1,3-6H,2,7H2. The molecule has 5 heteroatoms. The van der Waals surface area contributed by atoms with E-state index in [0.717, 1.165) is 10.0 Å². The number of cyclic esters (lactones) is 1. The first-order valence-electron chi connectivity index (χ1n) is 4.46. The molecule has 1 aromatic heterocycles. The molecule has 0 unspecified atom stereocenters. The van der Waals surface area contributed by atoms with Gasteiger partial charge in [-0.2, -0.15) is 0 Å². The zero-order chi connectivity index (χ0) is 10.7. The van der Waals surface area contributed by atoms with Crippen LogP contribution in [0.25, 0.3) is 0 Å². The van der Waals surface area contributed by atoms with Crippen molar-refractivity contribution in [3.63, 3.8) is 0 Å². The summed E-state index contributed by atoms with van der Waals surface area (Å²) in [6.45, 7) is 1.08. The van der Waals surface area contributed by atoms with Gasteiger partial charge in [0, 0.05) is 23.4 Å². The average molecular weight is 269 g/mol. The Morgan fingerprint density at radius 3 is 3.13 bits per heavy atom. The van der Waals surface area contributed by atoms with Gasteiger partial charge in [-0.05, 0) is 33.6 Å². The maximum atomic E-state index is 11.3. The molecule has 1 aliphatic rings. The predicted octanol–water partition coefficient (Wildman–Crippen LogP) is 2.31. The number of hydrogen-bond donors (Lipinski definition) is 0. The van der Waals surface area contributed by atoms with Gasteiger partial charge in [-0.25, -0.2) is 4.79 Å². The summed E-state index contributed by atoms with van der Waals surface area (Å²) < 4.78 is 5.67. The van der Waals surface area contributed by atoms with Gasteiger partial charge in [0.25, 0.3) is 0 Å². The molecule has 0 N–H and O–H groups in total. The van der Waals surface area contributed by atoms with Crippen LogP contribution in [-0.2, 0) is 11.3 Å². The van der Waals surface area contributed by atoms with Gasteiger partial charge in [-0.3, -0.25) is 9.88 Å². The number of carbonyl (C=O) groups is 1. The first kappa shape index (κ1) is 10.2. The van der Waals surface area contributed by atoms with E-state index in [-0.39, 0.29) is 6.09 Å². The van der Waals surface area contributed by atoms with Gasteiger partial charge >= 0.3 is 6.09 Å². The minimum atomic E-state index is -0.322. The molecule has 15 heavy (non-hydrogen) atoms. The van der Waals surface area contributed by atoms with E-state index in [2.05, 4.69) is 20.9 Å². The smallest absolute Gasteiger partial charge is 0.415 e. The molecule has 0 saturated heterocycles. The normalized spacial score (nSPS) is 15.3. The Balaban J connectivity index is 2.08. The average Bonchev–Trinajstić information content (AvgIpc) is 2.22. The second kappa shape index (κ2) is 4.44. The van der Waals surface area contributed by atoms with Crippen LogP contribution in [0.15, 0.2) is 35.3 Å². The van der Waals surface area contributed by atoms with Crippen LogP contribution in [0, 0.1) is 0 Å². The molecule has 0 radical (unpaired) electrons. The molecule has 0 saturated carbocycles. The number of carbonyl (C=O) groups excluding carboxylic acids is 1. The summed E-state index contributed by atoms with van der Waals surface area (Å²) in [5, 5.41) is 0. The van der Waals surface area contributed by atoms with E-state index in [1.165, 1.54) is 6.26 Å². The summed E-state index contributed by atoms with van der Waals surface area (Å²) in [6.07, 6.45) is 6.33. The molecular formula is C10H9BrN2O2. The molecule has 2 heterocycles. The molecule has 0 atom stereocenters. The monoisotopic (exact) mass is 268 g/mol. The van der Waals surface area contributed by atoms with E-state index >= 15 is 0 Å². The fourth-order valence-corrected chi connectivity index (χ4v) is 1.73. The maximum absolute atomic E-state index is 11.3. The number of amides is 1. The second-order valence-corrected chi connectivity index (χ2v) is 4.06. The highest BCUT2D eigenvalue weighted by molar-refractivity contribution is 9.10. The van der Waals surface area contributed by atoms with Crippen LogP contribution in [-0.4, -0.2) is 22.5 Å². The Bertz CT molecular complexity index is 406. The fraction of sp³-hybridized carbons (Fsp3) is 0.200. The van der Waals surface area contributed by atoms with Crippen LogP contribution in [0.3, 0.4) is 0 Å². The molecule has 1 aromatic rings. The summed E-state index contributed by atoms with van der Waals surface area (Å²) in [7, 11) is 0. The minimum absolute atomic E-state index is 0.322. The lowest BCUT2D eigenvalue weighted by molar-refractivity contribution is 0.131. The Hall–Kier alpha value is -1.36. The molecule has 1 aliphatic heterocycles. The van der Waals surface area contributed by atoms with Crippen molar-refractivity contribution < 1.29 is 9.53 Å². The van der Waals surface area contributed by atoms with Crippen molar-refractivity contribution in [3.8, 4) is 0 Å². The lowest BCUT2D eigenvalue weighted by Gasteiger charge is -2.22. The van der Waals surface area contributed by atoms with Crippen molar-refractivity contribution in [2.75, 3.05) is 6.54 Å². The van der Waals surface area contributed by atoms with Crippen molar-refractivity contribution in [3.05, 3.63) is 40.8 Å². The van der Waals surface area contributed by atoms with Gasteiger partial charge in [-0.1, -0.05) is 0 Å². The largest absolute Gasteiger partial charge is 0.418 e. The Labute approximate surface area is 95.7 Å². The van der Waals surface area contributed by atoms with Crippen LogP contribution in [0.5, 0.6) is 0 Å². The first-order chi connectivity index (χ1) is 7.25. The lowest BCUT2D eigenvalue weighted by Crippen LogP contribution is -2.32. The maximum Gasteiger partial charge on any atom is 0.415 e. The highest BCUT2D eigenvalue weighted by Gasteiger charge is 2.16. The minimum Gasteiger partial charge on any atom is -0.418 e. The summed E-state index contributed by atoms with van der Waals surface area (Å²) in [5.41, 5.74) is 0.969. The molecule has 0 aliphatic carbocycles. The van der Waals surface area contributed by atoms with Crippen molar-refractivity contribution in [1.29, 1.82) is 0 Å². The zero-order valence-electron chi connectivity index (χ0n) is 7.89. The Morgan fingerprint density at radius 1 is 1.53 bits per heavy atom. The van der Waals surface area contributed by atoms with Crippen molar-refractivity contribution >= 4 is 22.0 Å². The molecular weight excluding hydrogens is 260 g/mol. The van der Waals surface area contributed by atoms with Crippen LogP contribution in [0.1, 0.15) is 5.56 Å². The third-order valence-electron chi connectivity index (χ3n) is 1.98. The molecule has 1 amide bonds. The number of rotatable bonds is 2. The summed E-state index contributed by atoms with van der Waals surface area (Å²) in [5.74, 6) is 0. The van der Waals surface area contributed by atoms with E-state index < -0.39 is 0 Å². The molecule has 0 bridgehead atoms. The van der Waals surface area contributed by atoms with Gasteiger partial charge < -0.3 is 4.74 Å². The van der Waals surface area contributed by atoms with Crippen LogP contribution >= 0.6 is 15.9 Å². The molecule has 2 rings (SSSR count). The Morgan fingerprint density at radius 2 is 2.40 bits per heavy atom. The highest BCUT2D eigenvalue weighted by atomic mass is 79.9. The van der Waals surface area contributed by atoms with E-state index in [9.17, 15) is 4.79 Å². The fourth-order valence-electron chi connectivity index (χ4n) is 1.32. The van der Waals surface area contributed by atoms with E-state index in [0.29, 0.717) is 13.1 Å². The quantitative estimate of drug-likeness (QED) is 0.827. The number of hydrogen-bond acceptors (Lipinski definition) is 3. The molecule has 0 spiro atoms. The SMILES string of the molecule is O=C1OC=CCN1Cc1cncc(Br)c1. The third-order valence-corrected chi connectivity index (χ3v) is 2.42. The number of aromatic nitrogens is 1. The first-order valence-corrected chi connectivity index (χ1v) is 5.25. The molecule has 4 nitrogen and oxygen atoms in total. The van der Waals surface area contributed by atoms with Gasteiger partial charge in [0.2, 0.25) is 0 Å². The molecule has 0 aromatic carbocycles. The lowest BCUT2D eigenvalue weighted by atomic mass is 10.2. The van der Waals surface area contributed by atoms with Crippen molar-refractivity contribution in [2.24, 2.45) is 0 Å². The summed E-state index contributed by atoms with van der Waals surface area (Å²) >= 11 is 3.33. The van der Waals surface area contributed by atoms with Crippen LogP contribution < -0.4 is 0 Å². The number of ether oxygens (including phenoxy) is 1. The summed E-state index contributed by atoms with van der Waals surface area (Å²) in [6, 6.07) is 1.93. The van der Waals surface area contributed by atoms with Gasteiger partial charge in [0.05, 0.1) is 12.8 Å². The van der Waals surface area contributed by atoms with Gasteiger partial charge in [-0.15, -0.1) is 0 Å². The van der Waals surface area contributed by atoms with E-state index in [1.807, 2.05) is 6.07 Å². The third kappa shape index (κ3) is 2.56. The van der Waals surface area contributed by atoms with Gasteiger partial charge in [0.1, 0.15) is 0 Å². The number of pyridine rings is 1. The van der Waals surface area contributed by atoms with Crippen molar-refractivity contribution in [1.82, 2.24) is 9.88 Å². The second-order valence-electron chi connectivity index (χ2n) is 3.15.